The fourth-order valence-electron chi connectivity index (χ4n) is 4.18. The molecule has 1 aromatic carbocycles. The van der Waals surface area contributed by atoms with Crippen molar-refractivity contribution in [2.24, 2.45) is 11.3 Å². The Hall–Kier alpha value is -1.57. The van der Waals surface area contributed by atoms with E-state index >= 15 is 0 Å². The molecule has 1 saturated carbocycles. The number of benzene rings is 1. The Morgan fingerprint density at radius 3 is 2.79 bits per heavy atom. The fraction of sp³-hybridized carbons (Fsp3) is 0.471. The number of carbonyl (C=O) groups is 1. The number of cyclic esters (lactones) is 1. The minimum atomic E-state index is 0.00113. The Bertz CT molecular complexity index is 582. The average molecular weight is 254 g/mol. The molecule has 2 atom stereocenters. The molecular formula is C17H18O2. The van der Waals surface area contributed by atoms with Crippen LogP contribution in [0.3, 0.4) is 0 Å². The molecule has 2 heteroatoms. The molecule has 1 spiro atoms. The number of hydrogen-bond donors (Lipinski definition) is 0. The van der Waals surface area contributed by atoms with Crippen molar-refractivity contribution in [3.8, 4) is 0 Å². The van der Waals surface area contributed by atoms with Gasteiger partial charge >= 0.3 is 5.97 Å². The number of carbonyl (C=O) groups excluding carboxylic acids is 1. The smallest absolute Gasteiger partial charge is 0.314 e. The predicted octanol–water partition coefficient (Wildman–Crippen LogP) is 3.50. The Kier molecular flexibility index (Phi) is 2.21. The number of hydrogen-bond acceptors (Lipinski definition) is 2. The molecule has 98 valence electrons. The van der Waals surface area contributed by atoms with Crippen LogP contribution in [0.25, 0.3) is 5.57 Å². The highest BCUT2D eigenvalue weighted by Gasteiger charge is 2.62. The maximum absolute atomic E-state index is 12.1. The largest absolute Gasteiger partial charge is 0.464 e. The Labute approximate surface area is 113 Å². The molecule has 1 aliphatic heterocycles. The van der Waals surface area contributed by atoms with Crippen molar-refractivity contribution in [2.45, 2.75) is 32.6 Å². The molecule has 0 N–H and O–H groups in total. The highest BCUT2D eigenvalue weighted by atomic mass is 16.5. The Morgan fingerprint density at radius 1 is 1.21 bits per heavy atom. The van der Waals surface area contributed by atoms with E-state index in [-0.39, 0.29) is 17.3 Å². The van der Waals surface area contributed by atoms with E-state index in [0.717, 1.165) is 12.8 Å². The van der Waals surface area contributed by atoms with Crippen LogP contribution in [0.15, 0.2) is 29.8 Å². The molecule has 1 aromatic rings. The van der Waals surface area contributed by atoms with Gasteiger partial charge in [0.25, 0.3) is 0 Å². The van der Waals surface area contributed by atoms with Gasteiger partial charge in [0.15, 0.2) is 0 Å². The zero-order valence-corrected chi connectivity index (χ0v) is 11.2. The SMILES string of the molecule is Cc1ccc(C2=C3CCCCC34COC(=O)C24)cc1. The van der Waals surface area contributed by atoms with Crippen molar-refractivity contribution in [2.75, 3.05) is 6.61 Å². The zero-order chi connectivity index (χ0) is 13.0. The lowest BCUT2D eigenvalue weighted by molar-refractivity contribution is -0.139. The summed E-state index contributed by atoms with van der Waals surface area (Å²) in [4.78, 5) is 12.1. The summed E-state index contributed by atoms with van der Waals surface area (Å²) in [6.07, 6.45) is 4.77. The molecule has 0 radical (unpaired) electrons. The number of ether oxygens (including phenoxy) is 1. The zero-order valence-electron chi connectivity index (χ0n) is 11.2. The highest BCUT2D eigenvalue weighted by molar-refractivity contribution is 5.98. The monoisotopic (exact) mass is 254 g/mol. The molecule has 0 bridgehead atoms. The van der Waals surface area contributed by atoms with Crippen molar-refractivity contribution in [1.82, 2.24) is 0 Å². The molecule has 1 saturated heterocycles. The third-order valence-corrected chi connectivity index (χ3v) is 5.14. The van der Waals surface area contributed by atoms with Crippen LogP contribution in [0.2, 0.25) is 0 Å². The van der Waals surface area contributed by atoms with E-state index in [1.165, 1.54) is 35.1 Å². The van der Waals surface area contributed by atoms with Crippen LogP contribution in [0.4, 0.5) is 0 Å². The van der Waals surface area contributed by atoms with Crippen LogP contribution in [-0.4, -0.2) is 12.6 Å². The predicted molar refractivity (Wildman–Crippen MR) is 73.4 cm³/mol. The summed E-state index contributed by atoms with van der Waals surface area (Å²) in [6.45, 7) is 2.72. The molecule has 0 aromatic heterocycles. The summed E-state index contributed by atoms with van der Waals surface area (Å²) in [5, 5.41) is 0. The van der Waals surface area contributed by atoms with E-state index in [1.807, 2.05) is 0 Å². The topological polar surface area (TPSA) is 26.3 Å². The normalized spacial score (nSPS) is 32.5. The highest BCUT2D eigenvalue weighted by Crippen LogP contribution is 2.64. The Balaban J connectivity index is 1.84. The molecule has 2 aliphatic carbocycles. The third-order valence-electron chi connectivity index (χ3n) is 5.14. The van der Waals surface area contributed by atoms with Gasteiger partial charge in [-0.2, -0.15) is 0 Å². The van der Waals surface area contributed by atoms with Gasteiger partial charge in [-0.25, -0.2) is 0 Å². The molecule has 1 heterocycles. The molecule has 2 nitrogen and oxygen atoms in total. The van der Waals surface area contributed by atoms with Crippen molar-refractivity contribution >= 4 is 11.5 Å². The second-order valence-corrected chi connectivity index (χ2v) is 6.16. The van der Waals surface area contributed by atoms with Gasteiger partial charge in [0.2, 0.25) is 0 Å². The molecule has 3 aliphatic rings. The van der Waals surface area contributed by atoms with E-state index < -0.39 is 0 Å². The molecule has 2 fully saturated rings. The molecule has 4 rings (SSSR count). The summed E-state index contributed by atoms with van der Waals surface area (Å²) >= 11 is 0. The maximum Gasteiger partial charge on any atom is 0.314 e. The summed E-state index contributed by atoms with van der Waals surface area (Å²) in [5.74, 6) is 0.0201. The quantitative estimate of drug-likeness (QED) is 0.717. The minimum Gasteiger partial charge on any atom is -0.464 e. The van der Waals surface area contributed by atoms with Crippen LogP contribution < -0.4 is 0 Å². The van der Waals surface area contributed by atoms with Gasteiger partial charge < -0.3 is 4.74 Å². The average Bonchev–Trinajstić information content (AvgIpc) is 2.65. The first-order chi connectivity index (χ1) is 9.22. The summed E-state index contributed by atoms with van der Waals surface area (Å²) in [5.41, 5.74) is 5.36. The van der Waals surface area contributed by atoms with Crippen molar-refractivity contribution in [3.63, 3.8) is 0 Å². The molecular weight excluding hydrogens is 236 g/mol. The van der Waals surface area contributed by atoms with Gasteiger partial charge in [-0.3, -0.25) is 4.79 Å². The van der Waals surface area contributed by atoms with Gasteiger partial charge in [-0.05, 0) is 37.3 Å². The van der Waals surface area contributed by atoms with E-state index in [0.29, 0.717) is 6.61 Å². The second-order valence-electron chi connectivity index (χ2n) is 6.16. The second kappa shape index (κ2) is 3.72. The van der Waals surface area contributed by atoms with Crippen LogP contribution >= 0.6 is 0 Å². The standard InChI is InChI=1S/C17H18O2/c1-11-5-7-12(8-6-11)14-13-4-2-3-9-17(13)10-19-16(18)15(14)17/h5-8,15H,2-4,9-10H2,1H3. The van der Waals surface area contributed by atoms with Crippen molar-refractivity contribution in [1.29, 1.82) is 0 Å². The van der Waals surface area contributed by atoms with Gasteiger partial charge in [0.05, 0.1) is 5.92 Å². The first kappa shape index (κ1) is 11.3. The summed E-state index contributed by atoms with van der Waals surface area (Å²) in [6, 6.07) is 8.57. The fourth-order valence-corrected chi connectivity index (χ4v) is 4.18. The maximum atomic E-state index is 12.1. The van der Waals surface area contributed by atoms with Crippen molar-refractivity contribution < 1.29 is 9.53 Å². The summed E-state index contributed by atoms with van der Waals surface area (Å²) < 4.78 is 5.39. The lowest BCUT2D eigenvalue weighted by Gasteiger charge is -2.49. The lowest BCUT2D eigenvalue weighted by atomic mass is 9.51. The van der Waals surface area contributed by atoms with Crippen LogP contribution in [-0.2, 0) is 9.53 Å². The van der Waals surface area contributed by atoms with Crippen LogP contribution in [0, 0.1) is 18.3 Å². The molecule has 19 heavy (non-hydrogen) atoms. The lowest BCUT2D eigenvalue weighted by Crippen LogP contribution is -2.45. The van der Waals surface area contributed by atoms with Crippen LogP contribution in [0.1, 0.15) is 36.8 Å². The third kappa shape index (κ3) is 1.35. The Morgan fingerprint density at radius 2 is 2.00 bits per heavy atom. The molecule has 0 amide bonds. The first-order valence-corrected chi connectivity index (χ1v) is 7.19. The number of esters is 1. The van der Waals surface area contributed by atoms with Gasteiger partial charge in [0.1, 0.15) is 6.61 Å². The summed E-state index contributed by atoms with van der Waals surface area (Å²) in [7, 11) is 0. The first-order valence-electron chi connectivity index (χ1n) is 7.19. The van der Waals surface area contributed by atoms with Crippen molar-refractivity contribution in [3.05, 3.63) is 41.0 Å². The number of aryl methyl sites for hydroxylation is 1. The molecule has 2 unspecified atom stereocenters. The van der Waals surface area contributed by atoms with E-state index in [4.69, 9.17) is 4.74 Å². The van der Waals surface area contributed by atoms with E-state index in [9.17, 15) is 4.79 Å². The van der Waals surface area contributed by atoms with Gasteiger partial charge in [0, 0.05) is 5.41 Å². The van der Waals surface area contributed by atoms with E-state index in [2.05, 4.69) is 31.2 Å². The minimum absolute atomic E-state index is 0.00113. The van der Waals surface area contributed by atoms with Crippen LogP contribution in [0.5, 0.6) is 0 Å². The van der Waals surface area contributed by atoms with Gasteiger partial charge in [-0.1, -0.05) is 41.8 Å². The number of rotatable bonds is 1. The van der Waals surface area contributed by atoms with Gasteiger partial charge in [-0.15, -0.1) is 0 Å². The van der Waals surface area contributed by atoms with E-state index in [1.54, 1.807) is 0 Å².